The van der Waals surface area contributed by atoms with E-state index in [1.54, 1.807) is 42.9 Å². The number of rotatable bonds is 5. The van der Waals surface area contributed by atoms with Crippen molar-refractivity contribution in [1.82, 2.24) is 24.4 Å². The average molecular weight is 426 g/mol. The van der Waals surface area contributed by atoms with Gasteiger partial charge in [0.25, 0.3) is 12.3 Å². The van der Waals surface area contributed by atoms with Crippen LogP contribution in [-0.2, 0) is 7.05 Å². The van der Waals surface area contributed by atoms with Crippen molar-refractivity contribution < 1.29 is 18.3 Å². The minimum absolute atomic E-state index is 0.0235. The maximum absolute atomic E-state index is 13.8. The molecule has 8 nitrogen and oxygen atoms in total. The fraction of sp³-hybridized carbons (Fsp3) is 0.238. The second kappa shape index (κ2) is 7.78. The summed E-state index contributed by atoms with van der Waals surface area (Å²) in [7, 11) is 3.25. The first-order valence-electron chi connectivity index (χ1n) is 9.43. The van der Waals surface area contributed by atoms with E-state index in [0.29, 0.717) is 22.7 Å². The van der Waals surface area contributed by atoms with E-state index in [1.165, 1.54) is 19.4 Å². The Morgan fingerprint density at radius 1 is 1.23 bits per heavy atom. The predicted molar refractivity (Wildman–Crippen MR) is 111 cm³/mol. The number of aromatic nitrogens is 5. The van der Waals surface area contributed by atoms with Gasteiger partial charge in [0.1, 0.15) is 17.0 Å². The third-order valence-electron chi connectivity index (χ3n) is 5.10. The highest BCUT2D eigenvalue weighted by atomic mass is 19.3. The third kappa shape index (κ3) is 3.49. The lowest BCUT2D eigenvalue weighted by molar-refractivity contribution is 0.102. The molecule has 0 aliphatic heterocycles. The third-order valence-corrected chi connectivity index (χ3v) is 5.10. The highest BCUT2D eigenvalue weighted by molar-refractivity contribution is 6.08. The molecular formula is C21H20F2N6O2. The summed E-state index contributed by atoms with van der Waals surface area (Å²) in [6.07, 6.45) is -1.59. The van der Waals surface area contributed by atoms with Crippen LogP contribution in [-0.4, -0.2) is 37.4 Å². The number of aryl methyl sites for hydroxylation is 2. The number of methoxy groups -OCH3 is 1. The molecule has 0 fully saturated rings. The number of nitrogens with zero attached hydrogens (tertiary/aromatic N) is 5. The van der Waals surface area contributed by atoms with E-state index in [-0.39, 0.29) is 22.6 Å². The SMILES string of the molecule is COc1ccccc1-c1cc(C(F)F)n2ncc(C(=O)Nc3c(C)nn(C)c3C)c2n1. The zero-order chi connectivity index (χ0) is 22.3. The van der Waals surface area contributed by atoms with Crippen molar-refractivity contribution in [3.63, 3.8) is 0 Å². The van der Waals surface area contributed by atoms with Crippen LogP contribution in [0.15, 0.2) is 36.5 Å². The van der Waals surface area contributed by atoms with Gasteiger partial charge >= 0.3 is 0 Å². The van der Waals surface area contributed by atoms with Gasteiger partial charge in [-0.05, 0) is 32.0 Å². The summed E-state index contributed by atoms with van der Waals surface area (Å²) in [4.78, 5) is 17.5. The molecule has 1 amide bonds. The number of alkyl halides is 2. The van der Waals surface area contributed by atoms with Crippen molar-refractivity contribution in [3.8, 4) is 17.0 Å². The first kappa shape index (κ1) is 20.5. The molecule has 31 heavy (non-hydrogen) atoms. The molecule has 160 valence electrons. The first-order valence-corrected chi connectivity index (χ1v) is 9.43. The number of benzene rings is 1. The molecule has 0 aliphatic carbocycles. The summed E-state index contributed by atoms with van der Waals surface area (Å²) in [5, 5.41) is 11.1. The second-order valence-electron chi connectivity index (χ2n) is 6.98. The molecule has 0 saturated heterocycles. The monoisotopic (exact) mass is 426 g/mol. The van der Waals surface area contributed by atoms with Crippen LogP contribution in [0.3, 0.4) is 0 Å². The molecule has 0 unspecified atom stereocenters. The van der Waals surface area contributed by atoms with E-state index < -0.39 is 12.3 Å². The highest BCUT2D eigenvalue weighted by Gasteiger charge is 2.23. The summed E-state index contributed by atoms with van der Waals surface area (Å²) in [5.74, 6) is -0.0363. The smallest absolute Gasteiger partial charge is 0.280 e. The van der Waals surface area contributed by atoms with Crippen molar-refractivity contribution in [2.75, 3.05) is 12.4 Å². The number of para-hydroxylation sites is 1. The largest absolute Gasteiger partial charge is 0.496 e. The van der Waals surface area contributed by atoms with Crippen molar-refractivity contribution in [2.24, 2.45) is 7.05 Å². The lowest BCUT2D eigenvalue weighted by Crippen LogP contribution is -2.14. The highest BCUT2D eigenvalue weighted by Crippen LogP contribution is 2.32. The van der Waals surface area contributed by atoms with Crippen molar-refractivity contribution in [3.05, 3.63) is 59.2 Å². The Kier molecular flexibility index (Phi) is 5.14. The van der Waals surface area contributed by atoms with Crippen molar-refractivity contribution in [1.29, 1.82) is 0 Å². The van der Waals surface area contributed by atoms with Gasteiger partial charge in [0.05, 0.1) is 36.1 Å². The number of amides is 1. The van der Waals surface area contributed by atoms with Crippen LogP contribution in [0.1, 0.15) is 33.9 Å². The molecule has 1 aromatic carbocycles. The second-order valence-corrected chi connectivity index (χ2v) is 6.98. The minimum Gasteiger partial charge on any atom is -0.496 e. The Labute approximate surface area is 176 Å². The number of ether oxygens (including phenoxy) is 1. The van der Waals surface area contributed by atoms with E-state index >= 15 is 0 Å². The topological polar surface area (TPSA) is 86.3 Å². The summed E-state index contributed by atoms with van der Waals surface area (Å²) in [6.45, 7) is 3.59. The van der Waals surface area contributed by atoms with E-state index in [9.17, 15) is 13.6 Å². The molecule has 3 heterocycles. The molecular weight excluding hydrogens is 406 g/mol. The lowest BCUT2D eigenvalue weighted by atomic mass is 10.1. The van der Waals surface area contributed by atoms with E-state index in [0.717, 1.165) is 10.2 Å². The Balaban J connectivity index is 1.86. The number of halogens is 2. The number of carbonyl (C=O) groups excluding carboxylic acids is 1. The Bertz CT molecular complexity index is 1290. The number of fused-ring (bicyclic) bond motifs is 1. The van der Waals surface area contributed by atoms with E-state index in [2.05, 4.69) is 20.5 Å². The molecule has 0 saturated carbocycles. The zero-order valence-corrected chi connectivity index (χ0v) is 17.3. The number of hydrogen-bond donors (Lipinski definition) is 1. The quantitative estimate of drug-likeness (QED) is 0.522. The average Bonchev–Trinajstić information content (AvgIpc) is 3.29. The molecule has 0 atom stereocenters. The zero-order valence-electron chi connectivity index (χ0n) is 17.3. The van der Waals surface area contributed by atoms with E-state index in [1.807, 2.05) is 6.92 Å². The van der Waals surface area contributed by atoms with Crippen LogP contribution < -0.4 is 10.1 Å². The predicted octanol–water partition coefficient (Wildman–Crippen LogP) is 3.95. The molecule has 3 aromatic heterocycles. The van der Waals surface area contributed by atoms with Gasteiger partial charge in [-0.25, -0.2) is 18.3 Å². The fourth-order valence-electron chi connectivity index (χ4n) is 3.43. The lowest BCUT2D eigenvalue weighted by Gasteiger charge is -2.11. The summed E-state index contributed by atoms with van der Waals surface area (Å²) in [6, 6.07) is 8.20. The number of carbonyl (C=O) groups is 1. The number of anilines is 1. The minimum atomic E-state index is -2.82. The molecule has 1 N–H and O–H groups in total. The summed E-state index contributed by atoms with van der Waals surface area (Å²) in [5.41, 5.74) is 2.46. The Morgan fingerprint density at radius 2 is 1.97 bits per heavy atom. The Hall–Kier alpha value is -3.82. The van der Waals surface area contributed by atoms with Crippen LogP contribution in [0.5, 0.6) is 5.75 Å². The van der Waals surface area contributed by atoms with E-state index in [4.69, 9.17) is 4.74 Å². The molecule has 4 rings (SSSR count). The molecule has 0 bridgehead atoms. The fourth-order valence-corrected chi connectivity index (χ4v) is 3.43. The summed E-state index contributed by atoms with van der Waals surface area (Å²) >= 11 is 0. The van der Waals surface area contributed by atoms with Crippen molar-refractivity contribution >= 4 is 17.2 Å². The van der Waals surface area contributed by atoms with Gasteiger partial charge in [-0.1, -0.05) is 12.1 Å². The van der Waals surface area contributed by atoms with Crippen molar-refractivity contribution in [2.45, 2.75) is 20.3 Å². The molecule has 0 spiro atoms. The van der Waals surface area contributed by atoms with Gasteiger partial charge in [-0.3, -0.25) is 9.48 Å². The maximum atomic E-state index is 13.8. The summed E-state index contributed by atoms with van der Waals surface area (Å²) < 4.78 is 35.6. The van der Waals surface area contributed by atoms with Gasteiger partial charge in [-0.15, -0.1) is 0 Å². The maximum Gasteiger partial charge on any atom is 0.280 e. The van der Waals surface area contributed by atoms with Gasteiger partial charge < -0.3 is 10.1 Å². The molecule has 10 heteroatoms. The van der Waals surface area contributed by atoms with Crippen LogP contribution in [0.4, 0.5) is 14.5 Å². The number of hydrogen-bond acceptors (Lipinski definition) is 5. The molecule has 4 aromatic rings. The van der Waals surface area contributed by atoms with Gasteiger partial charge in [0.2, 0.25) is 0 Å². The molecule has 0 aliphatic rings. The Morgan fingerprint density at radius 3 is 2.61 bits per heavy atom. The number of nitrogens with one attached hydrogen (secondary N) is 1. The van der Waals surface area contributed by atoms with Crippen LogP contribution in [0.25, 0.3) is 16.9 Å². The standard InChI is InChI=1S/C21H20F2N6O2/c1-11-18(12(2)28(3)27-11)26-21(30)14-10-24-29-16(19(22)23)9-15(25-20(14)29)13-7-5-6-8-17(13)31-4/h5-10,19H,1-4H3,(H,26,30). The molecule has 0 radical (unpaired) electrons. The van der Waals surface area contributed by atoms with Gasteiger partial charge in [0.15, 0.2) is 5.65 Å². The van der Waals surface area contributed by atoms with Gasteiger partial charge in [-0.2, -0.15) is 10.2 Å². The van der Waals surface area contributed by atoms with Crippen LogP contribution in [0, 0.1) is 13.8 Å². The normalized spacial score (nSPS) is 11.3. The van der Waals surface area contributed by atoms with Crippen LogP contribution in [0.2, 0.25) is 0 Å². The van der Waals surface area contributed by atoms with Gasteiger partial charge in [0, 0.05) is 12.6 Å². The van der Waals surface area contributed by atoms with Crippen LogP contribution >= 0.6 is 0 Å². The first-order chi connectivity index (χ1) is 14.8.